The molecule has 1 aromatic rings. The number of rotatable bonds is 6. The zero-order chi connectivity index (χ0) is 15.9. The number of hydrogen-bond donors (Lipinski definition) is 1. The normalized spacial score (nSPS) is 15.8. The van der Waals surface area contributed by atoms with E-state index in [1.165, 1.54) is 5.56 Å². The van der Waals surface area contributed by atoms with Gasteiger partial charge in [0.1, 0.15) is 0 Å². The molecule has 1 aromatic carbocycles. The molecule has 0 radical (unpaired) electrons. The van der Waals surface area contributed by atoms with Crippen molar-refractivity contribution in [1.82, 2.24) is 4.90 Å². The van der Waals surface area contributed by atoms with Crippen LogP contribution in [0.3, 0.4) is 0 Å². The van der Waals surface area contributed by atoms with Crippen LogP contribution in [-0.4, -0.2) is 29.8 Å². The number of piperidine rings is 1. The molecule has 2 N–H and O–H groups in total. The number of carbonyl (C=O) groups excluding carboxylic acids is 2. The largest absolute Gasteiger partial charge is 0.370 e. The smallest absolute Gasteiger partial charge is 0.222 e. The van der Waals surface area contributed by atoms with Crippen molar-refractivity contribution in [1.29, 1.82) is 0 Å². The summed E-state index contributed by atoms with van der Waals surface area (Å²) in [5.41, 5.74) is 6.43. The Labute approximate surface area is 136 Å². The molecule has 22 heavy (non-hydrogen) atoms. The first kappa shape index (κ1) is 16.8. The third kappa shape index (κ3) is 5.34. The summed E-state index contributed by atoms with van der Waals surface area (Å²) in [7, 11) is 0. The Bertz CT molecular complexity index is 508. The summed E-state index contributed by atoms with van der Waals surface area (Å²) in [5, 5.41) is 0.735. The molecule has 0 spiro atoms. The molecule has 2 rings (SSSR count). The predicted octanol–water partition coefficient (Wildman–Crippen LogP) is 2.78. The van der Waals surface area contributed by atoms with Crippen molar-refractivity contribution in [2.75, 3.05) is 13.1 Å². The highest BCUT2D eigenvalue weighted by Gasteiger charge is 2.23. The molecule has 0 aromatic heterocycles. The van der Waals surface area contributed by atoms with Crippen LogP contribution in [0.2, 0.25) is 5.02 Å². The monoisotopic (exact) mass is 322 g/mol. The lowest BCUT2D eigenvalue weighted by molar-refractivity contribution is -0.132. The third-order valence-electron chi connectivity index (χ3n) is 4.23. The predicted molar refractivity (Wildman–Crippen MR) is 87.5 cm³/mol. The van der Waals surface area contributed by atoms with Crippen LogP contribution in [0.25, 0.3) is 0 Å². The Kier molecular flexibility index (Phi) is 6.25. The van der Waals surface area contributed by atoms with Crippen LogP contribution in [-0.2, 0) is 16.0 Å². The number of benzene rings is 1. The highest BCUT2D eigenvalue weighted by Crippen LogP contribution is 2.21. The zero-order valence-corrected chi connectivity index (χ0v) is 13.5. The summed E-state index contributed by atoms with van der Waals surface area (Å²) >= 11 is 5.85. The van der Waals surface area contributed by atoms with Crippen molar-refractivity contribution in [2.24, 2.45) is 11.7 Å². The van der Waals surface area contributed by atoms with Gasteiger partial charge in [-0.1, -0.05) is 23.7 Å². The first-order valence-electron chi connectivity index (χ1n) is 7.85. The van der Waals surface area contributed by atoms with E-state index < -0.39 is 0 Å². The molecule has 1 saturated heterocycles. The highest BCUT2D eigenvalue weighted by molar-refractivity contribution is 6.30. The van der Waals surface area contributed by atoms with Gasteiger partial charge in [0.05, 0.1) is 0 Å². The Morgan fingerprint density at radius 2 is 1.82 bits per heavy atom. The van der Waals surface area contributed by atoms with Crippen LogP contribution in [0.4, 0.5) is 0 Å². The number of nitrogens with two attached hydrogens (primary N) is 1. The molecule has 1 fully saturated rings. The van der Waals surface area contributed by atoms with E-state index in [-0.39, 0.29) is 11.8 Å². The minimum absolute atomic E-state index is 0.214. The van der Waals surface area contributed by atoms with E-state index in [1.807, 2.05) is 29.2 Å². The second kappa shape index (κ2) is 8.18. The number of likely N-dealkylation sites (tertiary alicyclic amines) is 1. The second-order valence-corrected chi connectivity index (χ2v) is 6.41. The van der Waals surface area contributed by atoms with Crippen LogP contribution in [0.5, 0.6) is 0 Å². The molecule has 1 heterocycles. The van der Waals surface area contributed by atoms with Crippen LogP contribution in [0.15, 0.2) is 24.3 Å². The quantitative estimate of drug-likeness (QED) is 0.875. The molecule has 2 amide bonds. The molecule has 4 nitrogen and oxygen atoms in total. The van der Waals surface area contributed by atoms with E-state index in [1.54, 1.807) is 0 Å². The fraction of sp³-hybridized carbons (Fsp3) is 0.529. The Morgan fingerprint density at radius 3 is 2.41 bits per heavy atom. The minimum Gasteiger partial charge on any atom is -0.370 e. The fourth-order valence-electron chi connectivity index (χ4n) is 2.92. The Balaban J connectivity index is 1.68. The molecule has 1 aliphatic heterocycles. The van der Waals surface area contributed by atoms with E-state index in [2.05, 4.69) is 0 Å². The summed E-state index contributed by atoms with van der Waals surface area (Å²) in [6.07, 6.45) is 4.52. The van der Waals surface area contributed by atoms with Gasteiger partial charge in [0.2, 0.25) is 11.8 Å². The van der Waals surface area contributed by atoms with Crippen molar-refractivity contribution < 1.29 is 9.59 Å². The van der Waals surface area contributed by atoms with E-state index in [4.69, 9.17) is 17.3 Å². The van der Waals surface area contributed by atoms with Crippen molar-refractivity contribution in [2.45, 2.75) is 38.5 Å². The number of aryl methyl sites for hydroxylation is 1. The summed E-state index contributed by atoms with van der Waals surface area (Å²) in [4.78, 5) is 25.0. The van der Waals surface area contributed by atoms with Gasteiger partial charge in [-0.25, -0.2) is 0 Å². The molecule has 0 saturated carbocycles. The lowest BCUT2D eigenvalue weighted by atomic mass is 9.93. The number of carbonyl (C=O) groups is 2. The van der Waals surface area contributed by atoms with Gasteiger partial charge in [-0.3, -0.25) is 9.59 Å². The maximum absolute atomic E-state index is 12.2. The molecule has 5 heteroatoms. The van der Waals surface area contributed by atoms with E-state index in [0.29, 0.717) is 18.8 Å². The SMILES string of the molecule is NC(=O)CC1CCN(C(=O)CCCc2ccc(Cl)cc2)CC1. The highest BCUT2D eigenvalue weighted by atomic mass is 35.5. The minimum atomic E-state index is -0.243. The van der Waals surface area contributed by atoms with Gasteiger partial charge in [-0.15, -0.1) is 0 Å². The van der Waals surface area contributed by atoms with Gasteiger partial charge in [0.15, 0.2) is 0 Å². The molecule has 1 aliphatic rings. The van der Waals surface area contributed by atoms with Gasteiger partial charge >= 0.3 is 0 Å². The molecule has 0 bridgehead atoms. The summed E-state index contributed by atoms with van der Waals surface area (Å²) in [6.45, 7) is 1.50. The van der Waals surface area contributed by atoms with Gasteiger partial charge in [-0.05, 0) is 49.3 Å². The Hall–Kier alpha value is -1.55. The molecular formula is C17H23ClN2O2. The number of amides is 2. The van der Waals surface area contributed by atoms with E-state index >= 15 is 0 Å². The standard InChI is InChI=1S/C17H23ClN2O2/c18-15-6-4-13(5-7-15)2-1-3-17(22)20-10-8-14(9-11-20)12-16(19)21/h4-7,14H,1-3,8-12H2,(H2,19,21). The molecule has 120 valence electrons. The maximum atomic E-state index is 12.2. The molecule has 0 unspecified atom stereocenters. The van der Waals surface area contributed by atoms with Crippen molar-refractivity contribution in [3.63, 3.8) is 0 Å². The van der Waals surface area contributed by atoms with Gasteiger partial charge in [-0.2, -0.15) is 0 Å². The van der Waals surface area contributed by atoms with Gasteiger partial charge in [0, 0.05) is 31.0 Å². The maximum Gasteiger partial charge on any atom is 0.222 e. The number of hydrogen-bond acceptors (Lipinski definition) is 2. The van der Waals surface area contributed by atoms with Crippen LogP contribution >= 0.6 is 11.6 Å². The van der Waals surface area contributed by atoms with E-state index in [0.717, 1.165) is 43.8 Å². The molecular weight excluding hydrogens is 300 g/mol. The lowest BCUT2D eigenvalue weighted by Gasteiger charge is -2.31. The van der Waals surface area contributed by atoms with Crippen molar-refractivity contribution in [3.05, 3.63) is 34.9 Å². The van der Waals surface area contributed by atoms with Crippen molar-refractivity contribution in [3.8, 4) is 0 Å². The summed E-state index contributed by atoms with van der Waals surface area (Å²) in [5.74, 6) is 0.315. The third-order valence-corrected chi connectivity index (χ3v) is 4.48. The van der Waals surface area contributed by atoms with Crippen LogP contribution in [0.1, 0.15) is 37.7 Å². The molecule has 0 atom stereocenters. The van der Waals surface area contributed by atoms with Crippen molar-refractivity contribution >= 4 is 23.4 Å². The van der Waals surface area contributed by atoms with Gasteiger partial charge in [0.25, 0.3) is 0 Å². The first-order chi connectivity index (χ1) is 10.5. The summed E-state index contributed by atoms with van der Waals surface area (Å²) < 4.78 is 0. The molecule has 0 aliphatic carbocycles. The Morgan fingerprint density at radius 1 is 1.18 bits per heavy atom. The zero-order valence-electron chi connectivity index (χ0n) is 12.8. The lowest BCUT2D eigenvalue weighted by Crippen LogP contribution is -2.39. The average molecular weight is 323 g/mol. The van der Waals surface area contributed by atoms with Crippen LogP contribution < -0.4 is 5.73 Å². The number of nitrogens with zero attached hydrogens (tertiary/aromatic N) is 1. The topological polar surface area (TPSA) is 63.4 Å². The number of halogens is 1. The average Bonchev–Trinajstić information content (AvgIpc) is 2.49. The van der Waals surface area contributed by atoms with Gasteiger partial charge < -0.3 is 10.6 Å². The van der Waals surface area contributed by atoms with E-state index in [9.17, 15) is 9.59 Å². The second-order valence-electron chi connectivity index (χ2n) is 5.97. The number of primary amides is 1. The first-order valence-corrected chi connectivity index (χ1v) is 8.23. The fourth-order valence-corrected chi connectivity index (χ4v) is 3.05. The summed E-state index contributed by atoms with van der Waals surface area (Å²) in [6, 6.07) is 7.76. The van der Waals surface area contributed by atoms with Crippen LogP contribution in [0, 0.1) is 5.92 Å².